The Morgan fingerprint density at radius 1 is 1.30 bits per heavy atom. The standard InChI is InChI=1S/C19H23N3O4S/c1-14-11-16(20-26-14)12-19(23)21-9-4-6-17(13-21)27(24,25)22-10-8-15-5-2-3-7-18(15)22/h2-3,5,7,11,17H,4,6,8-10,12-13H2,1H3. The van der Waals surface area contributed by atoms with E-state index in [0.29, 0.717) is 37.4 Å². The van der Waals surface area contributed by atoms with Crippen LogP contribution in [0.15, 0.2) is 34.9 Å². The average Bonchev–Trinajstić information content (AvgIpc) is 3.28. The molecule has 1 atom stereocenters. The molecular formula is C19H23N3O4S. The van der Waals surface area contributed by atoms with Crippen molar-refractivity contribution in [3.05, 3.63) is 47.3 Å². The zero-order valence-electron chi connectivity index (χ0n) is 15.3. The first kappa shape index (κ1) is 18.0. The molecular weight excluding hydrogens is 366 g/mol. The van der Waals surface area contributed by atoms with Gasteiger partial charge >= 0.3 is 0 Å². The average molecular weight is 389 g/mol. The van der Waals surface area contributed by atoms with E-state index in [-0.39, 0.29) is 18.9 Å². The first-order valence-electron chi connectivity index (χ1n) is 9.24. The highest BCUT2D eigenvalue weighted by Crippen LogP contribution is 2.33. The number of likely N-dealkylation sites (tertiary alicyclic amines) is 1. The summed E-state index contributed by atoms with van der Waals surface area (Å²) >= 11 is 0. The summed E-state index contributed by atoms with van der Waals surface area (Å²) in [6.45, 7) is 3.07. The van der Waals surface area contributed by atoms with Crippen LogP contribution in [0.1, 0.15) is 29.9 Å². The summed E-state index contributed by atoms with van der Waals surface area (Å²) in [6, 6.07) is 9.36. The van der Waals surface area contributed by atoms with Crippen molar-refractivity contribution in [2.75, 3.05) is 23.9 Å². The summed E-state index contributed by atoms with van der Waals surface area (Å²) in [6.07, 6.45) is 2.13. The summed E-state index contributed by atoms with van der Waals surface area (Å²) in [7, 11) is -3.51. The number of rotatable bonds is 4. The molecule has 1 unspecified atom stereocenters. The summed E-state index contributed by atoms with van der Waals surface area (Å²) in [4.78, 5) is 14.3. The van der Waals surface area contributed by atoms with E-state index in [0.717, 1.165) is 17.7 Å². The lowest BCUT2D eigenvalue weighted by Crippen LogP contribution is -2.49. The van der Waals surface area contributed by atoms with E-state index < -0.39 is 15.3 Å². The predicted molar refractivity (Wildman–Crippen MR) is 101 cm³/mol. The van der Waals surface area contributed by atoms with Crippen LogP contribution >= 0.6 is 0 Å². The van der Waals surface area contributed by atoms with Crippen molar-refractivity contribution in [3.63, 3.8) is 0 Å². The van der Waals surface area contributed by atoms with Gasteiger partial charge in [-0.2, -0.15) is 0 Å². The van der Waals surface area contributed by atoms with Gasteiger partial charge in [0.15, 0.2) is 0 Å². The largest absolute Gasteiger partial charge is 0.361 e. The lowest BCUT2D eigenvalue weighted by molar-refractivity contribution is -0.131. The molecule has 0 aliphatic carbocycles. The van der Waals surface area contributed by atoms with Gasteiger partial charge in [-0.15, -0.1) is 0 Å². The van der Waals surface area contributed by atoms with Crippen molar-refractivity contribution < 1.29 is 17.7 Å². The minimum Gasteiger partial charge on any atom is -0.361 e. The van der Waals surface area contributed by atoms with Gasteiger partial charge in [0.05, 0.1) is 23.1 Å². The van der Waals surface area contributed by atoms with Crippen LogP contribution in [-0.4, -0.2) is 49.3 Å². The number of benzene rings is 1. The zero-order valence-corrected chi connectivity index (χ0v) is 16.1. The van der Waals surface area contributed by atoms with Crippen molar-refractivity contribution in [1.29, 1.82) is 0 Å². The fourth-order valence-corrected chi connectivity index (χ4v) is 5.92. The first-order chi connectivity index (χ1) is 12.9. The number of fused-ring (bicyclic) bond motifs is 1. The molecule has 4 rings (SSSR count). The molecule has 0 radical (unpaired) electrons. The quantitative estimate of drug-likeness (QED) is 0.798. The SMILES string of the molecule is Cc1cc(CC(=O)N2CCCC(S(=O)(=O)N3CCc4ccccc43)C2)no1. The van der Waals surface area contributed by atoms with Crippen molar-refractivity contribution in [2.24, 2.45) is 0 Å². The van der Waals surface area contributed by atoms with E-state index in [1.54, 1.807) is 17.9 Å². The van der Waals surface area contributed by atoms with E-state index in [4.69, 9.17) is 4.52 Å². The molecule has 3 heterocycles. The number of aromatic nitrogens is 1. The molecule has 0 saturated carbocycles. The molecule has 27 heavy (non-hydrogen) atoms. The Balaban J connectivity index is 1.48. The Kier molecular flexibility index (Phi) is 4.67. The lowest BCUT2D eigenvalue weighted by atomic mass is 10.1. The second kappa shape index (κ2) is 6.99. The number of para-hydroxylation sites is 1. The van der Waals surface area contributed by atoms with E-state index in [2.05, 4.69) is 5.16 Å². The number of aryl methyl sites for hydroxylation is 1. The number of hydrogen-bond donors (Lipinski definition) is 0. The number of piperidine rings is 1. The molecule has 2 aliphatic rings. The Hall–Kier alpha value is -2.35. The Morgan fingerprint density at radius 2 is 2.11 bits per heavy atom. The number of sulfonamides is 1. The highest BCUT2D eigenvalue weighted by atomic mass is 32.2. The van der Waals surface area contributed by atoms with Gasteiger partial charge in [0.1, 0.15) is 5.76 Å². The maximum absolute atomic E-state index is 13.2. The molecule has 1 aromatic heterocycles. The molecule has 8 heteroatoms. The molecule has 7 nitrogen and oxygen atoms in total. The molecule has 1 aromatic carbocycles. The molecule has 2 aromatic rings. The van der Waals surface area contributed by atoms with Gasteiger partial charge in [-0.3, -0.25) is 9.10 Å². The van der Waals surface area contributed by atoms with E-state index in [1.165, 1.54) is 4.31 Å². The lowest BCUT2D eigenvalue weighted by Gasteiger charge is -2.35. The molecule has 0 bridgehead atoms. The maximum Gasteiger partial charge on any atom is 0.239 e. The normalized spacial score (nSPS) is 20.0. The Labute approximate surface area is 159 Å². The summed E-state index contributed by atoms with van der Waals surface area (Å²) in [5, 5.41) is 3.29. The third kappa shape index (κ3) is 3.45. The van der Waals surface area contributed by atoms with Crippen LogP contribution < -0.4 is 4.31 Å². The van der Waals surface area contributed by atoms with E-state index in [1.807, 2.05) is 24.3 Å². The fourth-order valence-electron chi connectivity index (χ4n) is 3.93. The molecule has 2 aliphatic heterocycles. The van der Waals surface area contributed by atoms with Crippen LogP contribution in [0.5, 0.6) is 0 Å². The van der Waals surface area contributed by atoms with Gasteiger partial charge in [0, 0.05) is 25.7 Å². The number of anilines is 1. The highest BCUT2D eigenvalue weighted by molar-refractivity contribution is 7.93. The monoisotopic (exact) mass is 389 g/mol. The van der Waals surface area contributed by atoms with Gasteiger partial charge in [-0.25, -0.2) is 8.42 Å². The van der Waals surface area contributed by atoms with Crippen molar-refractivity contribution in [1.82, 2.24) is 10.1 Å². The first-order valence-corrected chi connectivity index (χ1v) is 10.7. The van der Waals surface area contributed by atoms with Crippen LogP contribution in [-0.2, 0) is 27.7 Å². The van der Waals surface area contributed by atoms with Crippen molar-refractivity contribution in [2.45, 2.75) is 37.9 Å². The topological polar surface area (TPSA) is 83.7 Å². The minimum atomic E-state index is -3.51. The van der Waals surface area contributed by atoms with Crippen LogP contribution in [0.2, 0.25) is 0 Å². The zero-order chi connectivity index (χ0) is 19.0. The predicted octanol–water partition coefficient (Wildman–Crippen LogP) is 1.91. The molecule has 1 fully saturated rings. The third-order valence-electron chi connectivity index (χ3n) is 5.31. The highest BCUT2D eigenvalue weighted by Gasteiger charge is 2.39. The third-order valence-corrected chi connectivity index (χ3v) is 7.53. The van der Waals surface area contributed by atoms with Crippen molar-refractivity contribution >= 4 is 21.6 Å². The molecule has 144 valence electrons. The van der Waals surface area contributed by atoms with Gasteiger partial charge < -0.3 is 9.42 Å². The van der Waals surface area contributed by atoms with Crippen LogP contribution in [0, 0.1) is 6.92 Å². The Morgan fingerprint density at radius 3 is 2.89 bits per heavy atom. The smallest absolute Gasteiger partial charge is 0.239 e. The molecule has 1 saturated heterocycles. The second-order valence-electron chi connectivity index (χ2n) is 7.21. The number of carbonyl (C=O) groups is 1. The van der Waals surface area contributed by atoms with E-state index in [9.17, 15) is 13.2 Å². The maximum atomic E-state index is 13.2. The van der Waals surface area contributed by atoms with Gasteiger partial charge in [0.2, 0.25) is 15.9 Å². The fraction of sp³-hybridized carbons (Fsp3) is 0.474. The Bertz CT molecular complexity index is 953. The molecule has 1 amide bonds. The van der Waals surface area contributed by atoms with Crippen molar-refractivity contribution in [3.8, 4) is 0 Å². The number of nitrogens with zero attached hydrogens (tertiary/aromatic N) is 3. The van der Waals surface area contributed by atoms with Gasteiger partial charge in [-0.1, -0.05) is 23.4 Å². The number of carbonyl (C=O) groups excluding carboxylic acids is 1. The van der Waals surface area contributed by atoms with E-state index >= 15 is 0 Å². The summed E-state index contributed by atoms with van der Waals surface area (Å²) in [5.74, 6) is 0.551. The molecule has 0 N–H and O–H groups in total. The van der Waals surface area contributed by atoms with Gasteiger partial charge in [-0.05, 0) is 37.8 Å². The number of hydrogen-bond acceptors (Lipinski definition) is 5. The molecule has 0 spiro atoms. The minimum absolute atomic E-state index is 0.106. The summed E-state index contributed by atoms with van der Waals surface area (Å²) in [5.41, 5.74) is 2.42. The van der Waals surface area contributed by atoms with Crippen LogP contribution in [0.4, 0.5) is 5.69 Å². The second-order valence-corrected chi connectivity index (χ2v) is 9.34. The number of amides is 1. The van der Waals surface area contributed by atoms with Crippen LogP contribution in [0.3, 0.4) is 0 Å². The van der Waals surface area contributed by atoms with Gasteiger partial charge in [0.25, 0.3) is 0 Å². The summed E-state index contributed by atoms with van der Waals surface area (Å²) < 4.78 is 33.0. The van der Waals surface area contributed by atoms with Crippen LogP contribution in [0.25, 0.3) is 0 Å².